The van der Waals surface area contributed by atoms with Crippen molar-refractivity contribution in [3.63, 3.8) is 0 Å². The molecule has 0 atom stereocenters. The van der Waals surface area contributed by atoms with Gasteiger partial charge in [0.05, 0.1) is 12.7 Å². The van der Waals surface area contributed by atoms with E-state index in [4.69, 9.17) is 4.74 Å². The normalized spacial score (nSPS) is 10.2. The standard InChI is InChI=1S/C15H14BrNO3/c1-17(11-4-3-5-12(18)9-11)15(19)13-7-6-10(16)8-14(13)20-2/h3-9,18H,1-2H3. The second kappa shape index (κ2) is 5.96. The third-order valence-electron chi connectivity index (χ3n) is 2.92. The number of carbonyl (C=O) groups is 1. The Hall–Kier alpha value is -2.01. The quantitative estimate of drug-likeness (QED) is 0.934. The molecule has 0 aliphatic carbocycles. The molecule has 0 aromatic heterocycles. The molecule has 2 rings (SSSR count). The molecule has 104 valence electrons. The molecule has 20 heavy (non-hydrogen) atoms. The zero-order valence-electron chi connectivity index (χ0n) is 11.1. The number of hydrogen-bond donors (Lipinski definition) is 1. The molecular weight excluding hydrogens is 322 g/mol. The van der Waals surface area contributed by atoms with Crippen LogP contribution in [0.25, 0.3) is 0 Å². The Morgan fingerprint density at radius 1 is 1.25 bits per heavy atom. The molecule has 0 saturated heterocycles. The van der Waals surface area contributed by atoms with Crippen LogP contribution >= 0.6 is 15.9 Å². The van der Waals surface area contributed by atoms with Crippen molar-refractivity contribution in [1.82, 2.24) is 0 Å². The minimum atomic E-state index is -0.208. The van der Waals surface area contributed by atoms with Crippen LogP contribution in [-0.2, 0) is 0 Å². The van der Waals surface area contributed by atoms with E-state index in [1.54, 1.807) is 43.4 Å². The number of ether oxygens (including phenoxy) is 1. The Kier molecular flexibility index (Phi) is 4.29. The summed E-state index contributed by atoms with van der Waals surface area (Å²) in [5, 5.41) is 9.48. The summed E-state index contributed by atoms with van der Waals surface area (Å²) in [7, 11) is 3.17. The van der Waals surface area contributed by atoms with Gasteiger partial charge in [0.15, 0.2) is 0 Å². The van der Waals surface area contributed by atoms with Gasteiger partial charge in [-0.3, -0.25) is 4.79 Å². The molecule has 1 N–H and O–H groups in total. The SMILES string of the molecule is COc1cc(Br)ccc1C(=O)N(C)c1cccc(O)c1. The molecule has 1 amide bonds. The van der Waals surface area contributed by atoms with Gasteiger partial charge in [-0.25, -0.2) is 0 Å². The van der Waals surface area contributed by atoms with Crippen molar-refractivity contribution in [1.29, 1.82) is 0 Å². The molecule has 0 heterocycles. The topological polar surface area (TPSA) is 49.8 Å². The smallest absolute Gasteiger partial charge is 0.261 e. The maximum absolute atomic E-state index is 12.5. The van der Waals surface area contributed by atoms with Crippen LogP contribution in [0.3, 0.4) is 0 Å². The van der Waals surface area contributed by atoms with Gasteiger partial charge in [-0.2, -0.15) is 0 Å². The van der Waals surface area contributed by atoms with Crippen LogP contribution < -0.4 is 9.64 Å². The van der Waals surface area contributed by atoms with E-state index < -0.39 is 0 Å². The molecule has 0 fully saturated rings. The lowest BCUT2D eigenvalue weighted by molar-refractivity contribution is 0.0990. The number of amides is 1. The summed E-state index contributed by atoms with van der Waals surface area (Å²) in [5.41, 5.74) is 1.07. The predicted octanol–water partition coefficient (Wildman–Crippen LogP) is 3.44. The second-order valence-electron chi connectivity index (χ2n) is 4.23. The average molecular weight is 336 g/mol. The summed E-state index contributed by atoms with van der Waals surface area (Å²) in [5.74, 6) is 0.404. The van der Waals surface area contributed by atoms with Crippen molar-refractivity contribution >= 4 is 27.5 Å². The van der Waals surface area contributed by atoms with Gasteiger partial charge in [0.1, 0.15) is 11.5 Å². The third-order valence-corrected chi connectivity index (χ3v) is 3.41. The number of phenols is 1. The van der Waals surface area contributed by atoms with Crippen LogP contribution in [-0.4, -0.2) is 25.2 Å². The summed E-state index contributed by atoms with van der Waals surface area (Å²) in [6, 6.07) is 11.8. The van der Waals surface area contributed by atoms with E-state index in [9.17, 15) is 9.90 Å². The van der Waals surface area contributed by atoms with E-state index >= 15 is 0 Å². The summed E-state index contributed by atoms with van der Waals surface area (Å²) in [4.78, 5) is 14.0. The lowest BCUT2D eigenvalue weighted by atomic mass is 10.1. The van der Waals surface area contributed by atoms with Crippen molar-refractivity contribution in [3.05, 3.63) is 52.5 Å². The Morgan fingerprint density at radius 2 is 2.00 bits per heavy atom. The van der Waals surface area contributed by atoms with Crippen LogP contribution in [0.15, 0.2) is 46.9 Å². The Morgan fingerprint density at radius 3 is 2.65 bits per heavy atom. The van der Waals surface area contributed by atoms with Crippen LogP contribution in [0, 0.1) is 0 Å². The maximum Gasteiger partial charge on any atom is 0.261 e. The highest BCUT2D eigenvalue weighted by Gasteiger charge is 2.18. The monoisotopic (exact) mass is 335 g/mol. The molecule has 0 aliphatic heterocycles. The highest BCUT2D eigenvalue weighted by atomic mass is 79.9. The first-order valence-corrected chi connectivity index (χ1v) is 6.73. The van der Waals surface area contributed by atoms with Gasteiger partial charge in [-0.1, -0.05) is 22.0 Å². The zero-order chi connectivity index (χ0) is 14.7. The van der Waals surface area contributed by atoms with E-state index in [1.165, 1.54) is 18.1 Å². The number of carbonyl (C=O) groups excluding carboxylic acids is 1. The maximum atomic E-state index is 12.5. The number of hydrogen-bond acceptors (Lipinski definition) is 3. The predicted molar refractivity (Wildman–Crippen MR) is 81.5 cm³/mol. The van der Waals surface area contributed by atoms with Crippen molar-refractivity contribution in [3.8, 4) is 11.5 Å². The van der Waals surface area contributed by atoms with Crippen LogP contribution in [0.2, 0.25) is 0 Å². The van der Waals surface area contributed by atoms with Gasteiger partial charge in [-0.15, -0.1) is 0 Å². The number of aromatic hydroxyl groups is 1. The van der Waals surface area contributed by atoms with Gasteiger partial charge in [0.2, 0.25) is 0 Å². The number of nitrogens with zero attached hydrogens (tertiary/aromatic N) is 1. The van der Waals surface area contributed by atoms with E-state index in [1.807, 2.05) is 0 Å². The molecule has 0 radical (unpaired) electrons. The van der Waals surface area contributed by atoms with Crippen LogP contribution in [0.4, 0.5) is 5.69 Å². The fraction of sp³-hybridized carbons (Fsp3) is 0.133. The molecule has 2 aromatic rings. The van der Waals surface area contributed by atoms with Gasteiger partial charge >= 0.3 is 0 Å². The molecule has 0 saturated carbocycles. The van der Waals surface area contributed by atoms with E-state index in [0.29, 0.717) is 17.0 Å². The minimum absolute atomic E-state index is 0.116. The highest BCUT2D eigenvalue weighted by molar-refractivity contribution is 9.10. The van der Waals surface area contributed by atoms with Gasteiger partial charge in [-0.05, 0) is 30.3 Å². The Labute approximate surface area is 125 Å². The van der Waals surface area contributed by atoms with Gasteiger partial charge in [0, 0.05) is 23.3 Å². The summed E-state index contributed by atoms with van der Waals surface area (Å²) < 4.78 is 6.07. The summed E-state index contributed by atoms with van der Waals surface area (Å²) >= 11 is 3.34. The lowest BCUT2D eigenvalue weighted by Gasteiger charge is -2.19. The first-order chi connectivity index (χ1) is 9.52. The van der Waals surface area contributed by atoms with Crippen molar-refractivity contribution in [2.24, 2.45) is 0 Å². The number of phenolic OH excluding ortho intramolecular Hbond substituents is 1. The molecule has 0 spiro atoms. The fourth-order valence-corrected chi connectivity index (χ4v) is 2.18. The molecular formula is C15H14BrNO3. The summed E-state index contributed by atoms with van der Waals surface area (Å²) in [6.45, 7) is 0. The van der Waals surface area contributed by atoms with Crippen LogP contribution in [0.5, 0.6) is 11.5 Å². The number of rotatable bonds is 3. The molecule has 0 unspecified atom stereocenters. The molecule has 2 aromatic carbocycles. The van der Waals surface area contributed by atoms with E-state index in [-0.39, 0.29) is 11.7 Å². The number of benzene rings is 2. The third kappa shape index (κ3) is 2.93. The number of halogens is 1. The average Bonchev–Trinajstić information content (AvgIpc) is 2.45. The zero-order valence-corrected chi connectivity index (χ0v) is 12.7. The van der Waals surface area contributed by atoms with Crippen LogP contribution in [0.1, 0.15) is 10.4 Å². The van der Waals surface area contributed by atoms with Crippen molar-refractivity contribution in [2.45, 2.75) is 0 Å². The Bertz CT molecular complexity index is 643. The lowest BCUT2D eigenvalue weighted by Crippen LogP contribution is -2.26. The Balaban J connectivity index is 2.36. The fourth-order valence-electron chi connectivity index (χ4n) is 1.84. The van der Waals surface area contributed by atoms with E-state index in [0.717, 1.165) is 4.47 Å². The molecule has 0 aliphatic rings. The number of anilines is 1. The number of methoxy groups -OCH3 is 1. The van der Waals surface area contributed by atoms with Gasteiger partial charge < -0.3 is 14.7 Å². The largest absolute Gasteiger partial charge is 0.508 e. The molecule has 4 nitrogen and oxygen atoms in total. The minimum Gasteiger partial charge on any atom is -0.508 e. The van der Waals surface area contributed by atoms with Gasteiger partial charge in [0.25, 0.3) is 5.91 Å². The van der Waals surface area contributed by atoms with Crippen molar-refractivity contribution in [2.75, 3.05) is 19.1 Å². The molecule has 0 bridgehead atoms. The van der Waals surface area contributed by atoms with Crippen molar-refractivity contribution < 1.29 is 14.6 Å². The van der Waals surface area contributed by atoms with E-state index in [2.05, 4.69) is 15.9 Å². The molecule has 5 heteroatoms. The summed E-state index contributed by atoms with van der Waals surface area (Å²) in [6.07, 6.45) is 0. The first-order valence-electron chi connectivity index (χ1n) is 5.93. The second-order valence-corrected chi connectivity index (χ2v) is 5.14. The highest BCUT2D eigenvalue weighted by Crippen LogP contribution is 2.27. The first kappa shape index (κ1) is 14.4.